The number of aryl methyl sites for hydroxylation is 1. The minimum atomic E-state index is -0.832. The van der Waals surface area contributed by atoms with Gasteiger partial charge in [-0.05, 0) is 55.8 Å². The molecule has 6 heteroatoms. The normalized spacial score (nSPS) is 11.4. The summed E-state index contributed by atoms with van der Waals surface area (Å²) in [6.45, 7) is 3.41. The Morgan fingerprint density at radius 3 is 2.48 bits per heavy atom. The second kappa shape index (κ2) is 7.36. The third kappa shape index (κ3) is 4.38. The van der Waals surface area contributed by atoms with Crippen LogP contribution in [0.4, 0.5) is 0 Å². The molecule has 2 aromatic rings. The highest BCUT2D eigenvalue weighted by atomic mass is 35.5. The number of ether oxygens (including phenoxy) is 2. The maximum atomic E-state index is 12.1. The molecule has 2 aromatic carbocycles. The molecule has 2 rings (SSSR count). The number of hydrogen-bond acceptors (Lipinski definition) is 4. The van der Waals surface area contributed by atoms with Crippen LogP contribution in [0.1, 0.15) is 18.1 Å². The van der Waals surface area contributed by atoms with E-state index in [9.17, 15) is 4.79 Å². The lowest BCUT2D eigenvalue weighted by molar-refractivity contribution is -0.141. The van der Waals surface area contributed by atoms with E-state index in [1.165, 1.54) is 18.2 Å². The molecule has 0 heterocycles. The fraction of sp³-hybridized carbons (Fsp3) is 0.176. The van der Waals surface area contributed by atoms with Crippen LogP contribution in [0, 0.1) is 18.3 Å². The Morgan fingerprint density at radius 2 is 1.87 bits per heavy atom. The first-order valence-corrected chi connectivity index (χ1v) is 7.50. The fourth-order valence-electron chi connectivity index (χ4n) is 1.83. The van der Waals surface area contributed by atoms with Gasteiger partial charge in [-0.3, -0.25) is 0 Å². The molecular formula is C17H13Cl2NO3. The number of carbonyl (C=O) groups excluding carboxylic acids is 1. The molecular weight excluding hydrogens is 337 g/mol. The van der Waals surface area contributed by atoms with E-state index in [1.807, 2.05) is 13.0 Å². The first kappa shape index (κ1) is 17.1. The van der Waals surface area contributed by atoms with Gasteiger partial charge < -0.3 is 9.47 Å². The SMILES string of the molecule is Cc1cc(Cl)ccc1OC(C)C(=O)Oc1ccc(C#N)cc1Cl. The smallest absolute Gasteiger partial charge is 0.352 e. The number of nitrogens with zero attached hydrogens (tertiary/aromatic N) is 1. The van der Waals surface area contributed by atoms with Gasteiger partial charge in [0.1, 0.15) is 11.5 Å². The van der Waals surface area contributed by atoms with Crippen LogP contribution in [0.25, 0.3) is 0 Å². The number of nitriles is 1. The van der Waals surface area contributed by atoms with Gasteiger partial charge in [0.25, 0.3) is 0 Å². The summed E-state index contributed by atoms with van der Waals surface area (Å²) < 4.78 is 10.8. The van der Waals surface area contributed by atoms with Gasteiger partial charge in [-0.2, -0.15) is 5.26 Å². The van der Waals surface area contributed by atoms with Gasteiger partial charge in [0.05, 0.1) is 16.7 Å². The summed E-state index contributed by atoms with van der Waals surface area (Å²) in [5.74, 6) is 0.134. The van der Waals surface area contributed by atoms with Crippen molar-refractivity contribution in [3.63, 3.8) is 0 Å². The Morgan fingerprint density at radius 1 is 1.17 bits per heavy atom. The molecule has 0 aliphatic heterocycles. The number of rotatable bonds is 4. The standard InChI is InChI=1S/C17H13Cl2NO3/c1-10-7-13(18)4-6-15(10)22-11(2)17(21)23-16-5-3-12(9-20)8-14(16)19/h3-8,11H,1-2H3. The summed E-state index contributed by atoms with van der Waals surface area (Å²) in [6, 6.07) is 11.5. The molecule has 1 atom stereocenters. The summed E-state index contributed by atoms with van der Waals surface area (Å²) in [5.41, 5.74) is 1.20. The maximum absolute atomic E-state index is 12.1. The van der Waals surface area contributed by atoms with Crippen LogP contribution in [0.5, 0.6) is 11.5 Å². The Kier molecular flexibility index (Phi) is 5.49. The lowest BCUT2D eigenvalue weighted by atomic mass is 10.2. The quantitative estimate of drug-likeness (QED) is 0.600. The number of halogens is 2. The molecule has 0 fully saturated rings. The van der Waals surface area contributed by atoms with Crippen LogP contribution in [0.3, 0.4) is 0 Å². The van der Waals surface area contributed by atoms with Crippen molar-refractivity contribution >= 4 is 29.2 Å². The monoisotopic (exact) mass is 349 g/mol. The van der Waals surface area contributed by atoms with E-state index < -0.39 is 12.1 Å². The number of esters is 1. The molecule has 1 unspecified atom stereocenters. The van der Waals surface area contributed by atoms with Crippen LogP contribution in [0.15, 0.2) is 36.4 Å². The minimum absolute atomic E-state index is 0.180. The molecule has 0 aromatic heterocycles. The van der Waals surface area contributed by atoms with Crippen molar-refractivity contribution in [1.82, 2.24) is 0 Å². The first-order valence-electron chi connectivity index (χ1n) is 6.75. The van der Waals surface area contributed by atoms with Crippen LogP contribution < -0.4 is 9.47 Å². The molecule has 0 radical (unpaired) electrons. The topological polar surface area (TPSA) is 59.3 Å². The van der Waals surface area contributed by atoms with Gasteiger partial charge in [-0.15, -0.1) is 0 Å². The van der Waals surface area contributed by atoms with Gasteiger partial charge in [0.15, 0.2) is 6.10 Å². The fourth-order valence-corrected chi connectivity index (χ4v) is 2.27. The van der Waals surface area contributed by atoms with E-state index in [0.29, 0.717) is 16.3 Å². The summed E-state index contributed by atoms with van der Waals surface area (Å²) in [6.07, 6.45) is -0.832. The van der Waals surface area contributed by atoms with Crippen molar-refractivity contribution < 1.29 is 14.3 Å². The summed E-state index contributed by atoms with van der Waals surface area (Å²) in [7, 11) is 0. The van der Waals surface area contributed by atoms with Crippen molar-refractivity contribution in [2.75, 3.05) is 0 Å². The second-order valence-electron chi connectivity index (χ2n) is 4.85. The van der Waals surface area contributed by atoms with E-state index in [1.54, 1.807) is 25.1 Å². The molecule has 4 nitrogen and oxygen atoms in total. The Labute approximate surface area is 144 Å². The molecule has 23 heavy (non-hydrogen) atoms. The highest BCUT2D eigenvalue weighted by Gasteiger charge is 2.19. The van der Waals surface area contributed by atoms with Crippen molar-refractivity contribution in [3.05, 3.63) is 57.6 Å². The molecule has 0 amide bonds. The lowest BCUT2D eigenvalue weighted by Crippen LogP contribution is -2.28. The first-order chi connectivity index (χ1) is 10.9. The van der Waals surface area contributed by atoms with Crippen LogP contribution in [-0.4, -0.2) is 12.1 Å². The minimum Gasteiger partial charge on any atom is -0.479 e. The van der Waals surface area contributed by atoms with Crippen molar-refractivity contribution in [2.45, 2.75) is 20.0 Å². The Bertz CT molecular complexity index is 784. The molecule has 0 aliphatic rings. The average Bonchev–Trinajstić information content (AvgIpc) is 2.51. The van der Waals surface area contributed by atoms with Crippen molar-refractivity contribution in [3.8, 4) is 17.6 Å². The average molecular weight is 350 g/mol. The third-order valence-electron chi connectivity index (χ3n) is 3.04. The maximum Gasteiger partial charge on any atom is 0.352 e. The molecule has 0 spiro atoms. The van der Waals surface area contributed by atoms with Gasteiger partial charge in [-0.1, -0.05) is 23.2 Å². The Balaban J connectivity index is 2.07. The predicted octanol–water partition coefficient (Wildman–Crippen LogP) is 4.55. The van der Waals surface area contributed by atoms with E-state index >= 15 is 0 Å². The Hall–Kier alpha value is -2.22. The van der Waals surface area contributed by atoms with Crippen LogP contribution in [0.2, 0.25) is 10.0 Å². The molecule has 0 N–H and O–H groups in total. The zero-order chi connectivity index (χ0) is 17.0. The van der Waals surface area contributed by atoms with E-state index in [2.05, 4.69) is 0 Å². The number of benzene rings is 2. The number of carbonyl (C=O) groups is 1. The van der Waals surface area contributed by atoms with Gasteiger partial charge in [-0.25, -0.2) is 4.79 Å². The zero-order valence-electron chi connectivity index (χ0n) is 12.5. The summed E-state index contributed by atoms with van der Waals surface area (Å²) in [5, 5.41) is 9.57. The number of hydrogen-bond donors (Lipinski definition) is 0. The highest BCUT2D eigenvalue weighted by Crippen LogP contribution is 2.27. The largest absolute Gasteiger partial charge is 0.479 e. The van der Waals surface area contributed by atoms with Crippen molar-refractivity contribution in [1.29, 1.82) is 5.26 Å². The van der Waals surface area contributed by atoms with E-state index in [0.717, 1.165) is 5.56 Å². The molecule has 118 valence electrons. The van der Waals surface area contributed by atoms with Crippen LogP contribution >= 0.6 is 23.2 Å². The van der Waals surface area contributed by atoms with Gasteiger partial charge in [0, 0.05) is 5.02 Å². The summed E-state index contributed by atoms with van der Waals surface area (Å²) in [4.78, 5) is 12.1. The van der Waals surface area contributed by atoms with Gasteiger partial charge in [0.2, 0.25) is 0 Å². The predicted molar refractivity (Wildman–Crippen MR) is 88.1 cm³/mol. The van der Waals surface area contributed by atoms with E-state index in [-0.39, 0.29) is 10.8 Å². The van der Waals surface area contributed by atoms with Gasteiger partial charge >= 0.3 is 5.97 Å². The molecule has 0 bridgehead atoms. The van der Waals surface area contributed by atoms with Crippen LogP contribution in [-0.2, 0) is 4.79 Å². The second-order valence-corrected chi connectivity index (χ2v) is 5.69. The van der Waals surface area contributed by atoms with Crippen molar-refractivity contribution in [2.24, 2.45) is 0 Å². The highest BCUT2D eigenvalue weighted by molar-refractivity contribution is 6.32. The lowest BCUT2D eigenvalue weighted by Gasteiger charge is -2.16. The van der Waals surface area contributed by atoms with E-state index in [4.69, 9.17) is 37.9 Å². The summed E-state index contributed by atoms with van der Waals surface area (Å²) >= 11 is 11.9. The third-order valence-corrected chi connectivity index (χ3v) is 3.57. The zero-order valence-corrected chi connectivity index (χ0v) is 14.0. The molecule has 0 saturated carbocycles. The molecule has 0 saturated heterocycles. The molecule has 0 aliphatic carbocycles.